The van der Waals surface area contributed by atoms with Crippen LogP contribution in [-0.2, 0) is 10.0 Å². The maximum absolute atomic E-state index is 12.1. The Hall–Kier alpha value is -2.64. The number of anilines is 1. The van der Waals surface area contributed by atoms with Crippen molar-refractivity contribution in [1.82, 2.24) is 10.5 Å². The van der Waals surface area contributed by atoms with E-state index in [-0.39, 0.29) is 4.90 Å². The highest BCUT2D eigenvalue weighted by atomic mass is 32.2. The maximum atomic E-state index is 12.1. The summed E-state index contributed by atoms with van der Waals surface area (Å²) in [6.45, 7) is 3.54. The highest BCUT2D eigenvalue weighted by Gasteiger charge is 2.13. The van der Waals surface area contributed by atoms with Crippen LogP contribution >= 0.6 is 0 Å². The van der Waals surface area contributed by atoms with E-state index in [4.69, 9.17) is 5.21 Å². The van der Waals surface area contributed by atoms with E-state index in [1.165, 1.54) is 18.5 Å². The van der Waals surface area contributed by atoms with Crippen molar-refractivity contribution < 1.29 is 13.6 Å². The zero-order valence-electron chi connectivity index (χ0n) is 11.6. The Morgan fingerprint density at radius 3 is 2.55 bits per heavy atom. The highest BCUT2D eigenvalue weighted by Crippen LogP contribution is 2.16. The lowest BCUT2D eigenvalue weighted by molar-refractivity contribution is 0.205. The molecule has 0 aliphatic rings. The molecule has 0 atom stereocenters. The Morgan fingerprint density at radius 1 is 1.23 bits per heavy atom. The molecule has 0 saturated carbocycles. The molecule has 0 saturated heterocycles. The summed E-state index contributed by atoms with van der Waals surface area (Å²) in [5.41, 5.74) is 3.54. The van der Waals surface area contributed by atoms with Gasteiger partial charge in [0.25, 0.3) is 10.0 Å². The molecule has 0 bridgehead atoms. The van der Waals surface area contributed by atoms with Crippen LogP contribution in [0.4, 0.5) is 5.69 Å². The summed E-state index contributed by atoms with van der Waals surface area (Å²) in [6, 6.07) is 9.79. The molecule has 0 amide bonds. The first kappa shape index (κ1) is 15.7. The van der Waals surface area contributed by atoms with Gasteiger partial charge in [0.15, 0.2) is 0 Å². The number of sulfonamides is 1. The zero-order chi connectivity index (χ0) is 16.0. The highest BCUT2D eigenvalue weighted by molar-refractivity contribution is 7.92. The first-order valence-electron chi connectivity index (χ1n) is 6.31. The largest absolute Gasteiger partial charge is 0.291 e. The van der Waals surface area contributed by atoms with Gasteiger partial charge in [-0.3, -0.25) is 20.4 Å². The van der Waals surface area contributed by atoms with Gasteiger partial charge in [0.2, 0.25) is 0 Å². The summed E-state index contributed by atoms with van der Waals surface area (Å²) in [6.07, 6.45) is 6.11. The third-order valence-corrected chi connectivity index (χ3v) is 4.09. The fraction of sp³-hybridized carbons (Fsp3) is 0. The smallest absolute Gasteiger partial charge is 0.263 e. The number of hydrogen-bond donors (Lipinski definition) is 3. The SMILES string of the molecule is C=C(/C=C/c1ccc(NS(=O)(=O)c2cccnc2)cc1)NO. The average molecular weight is 317 g/mol. The molecule has 6 nitrogen and oxygen atoms in total. The van der Waals surface area contributed by atoms with Crippen LogP contribution in [-0.4, -0.2) is 18.6 Å². The standard InChI is InChI=1S/C15H15N3O3S/c1-12(17-19)4-5-13-6-8-14(9-7-13)18-22(20,21)15-3-2-10-16-11-15/h2-11,17-19H,1H2/b5-4+. The van der Waals surface area contributed by atoms with Gasteiger partial charge in [-0.1, -0.05) is 24.8 Å². The monoisotopic (exact) mass is 317 g/mol. The van der Waals surface area contributed by atoms with Crippen LogP contribution in [0.25, 0.3) is 6.08 Å². The second-order valence-electron chi connectivity index (χ2n) is 4.39. The van der Waals surface area contributed by atoms with Crippen molar-refractivity contribution in [3.63, 3.8) is 0 Å². The molecule has 1 aromatic carbocycles. The number of nitrogens with zero attached hydrogens (tertiary/aromatic N) is 1. The average Bonchev–Trinajstić information content (AvgIpc) is 2.54. The van der Waals surface area contributed by atoms with E-state index in [0.29, 0.717) is 11.4 Å². The topological polar surface area (TPSA) is 91.3 Å². The van der Waals surface area contributed by atoms with Crippen LogP contribution in [0.3, 0.4) is 0 Å². The van der Waals surface area contributed by atoms with E-state index >= 15 is 0 Å². The van der Waals surface area contributed by atoms with Crippen LogP contribution in [0.5, 0.6) is 0 Å². The molecule has 0 unspecified atom stereocenters. The molecule has 114 valence electrons. The summed E-state index contributed by atoms with van der Waals surface area (Å²) >= 11 is 0. The lowest BCUT2D eigenvalue weighted by Gasteiger charge is -2.07. The fourth-order valence-corrected chi connectivity index (χ4v) is 2.64. The summed E-state index contributed by atoms with van der Waals surface area (Å²) in [7, 11) is -3.64. The zero-order valence-corrected chi connectivity index (χ0v) is 12.4. The number of hydrogen-bond acceptors (Lipinski definition) is 5. The van der Waals surface area contributed by atoms with Gasteiger partial charge < -0.3 is 0 Å². The van der Waals surface area contributed by atoms with Crippen molar-refractivity contribution in [2.45, 2.75) is 4.90 Å². The number of allylic oxidation sites excluding steroid dienone is 1. The first-order valence-corrected chi connectivity index (χ1v) is 7.79. The van der Waals surface area contributed by atoms with E-state index in [2.05, 4.69) is 16.3 Å². The van der Waals surface area contributed by atoms with E-state index in [1.54, 1.807) is 42.5 Å². The van der Waals surface area contributed by atoms with Gasteiger partial charge in [0.05, 0.1) is 5.70 Å². The minimum Gasteiger partial charge on any atom is -0.291 e. The van der Waals surface area contributed by atoms with E-state index in [0.717, 1.165) is 5.56 Å². The summed E-state index contributed by atoms with van der Waals surface area (Å²) in [5, 5.41) is 8.61. The number of rotatable bonds is 6. The summed E-state index contributed by atoms with van der Waals surface area (Å²) in [4.78, 5) is 3.89. The molecular formula is C15H15N3O3S. The van der Waals surface area contributed by atoms with Crippen molar-refractivity contribution in [3.8, 4) is 0 Å². The molecule has 22 heavy (non-hydrogen) atoms. The molecular weight excluding hydrogens is 302 g/mol. The fourth-order valence-electron chi connectivity index (χ4n) is 1.62. The molecule has 1 heterocycles. The van der Waals surface area contributed by atoms with Crippen LogP contribution in [0.2, 0.25) is 0 Å². The summed E-state index contributed by atoms with van der Waals surface area (Å²) < 4.78 is 26.7. The van der Waals surface area contributed by atoms with Crippen molar-refractivity contribution in [1.29, 1.82) is 0 Å². The van der Waals surface area contributed by atoms with E-state index in [1.807, 2.05) is 5.48 Å². The predicted octanol–water partition coefficient (Wildman–Crippen LogP) is 2.39. The maximum Gasteiger partial charge on any atom is 0.263 e. The Morgan fingerprint density at radius 2 is 1.95 bits per heavy atom. The van der Waals surface area contributed by atoms with Crippen LogP contribution in [0.1, 0.15) is 5.56 Å². The molecule has 0 spiro atoms. The first-order chi connectivity index (χ1) is 10.5. The quantitative estimate of drug-likeness (QED) is 0.562. The van der Waals surface area contributed by atoms with E-state index < -0.39 is 10.0 Å². The number of aromatic nitrogens is 1. The third-order valence-electron chi connectivity index (χ3n) is 2.73. The van der Waals surface area contributed by atoms with Crippen molar-refractivity contribution in [3.05, 3.63) is 72.7 Å². The Kier molecular flexibility index (Phi) is 4.92. The van der Waals surface area contributed by atoms with Gasteiger partial charge in [-0.25, -0.2) is 8.42 Å². The van der Waals surface area contributed by atoms with Crippen molar-refractivity contribution >= 4 is 21.8 Å². The van der Waals surface area contributed by atoms with Gasteiger partial charge in [0, 0.05) is 18.1 Å². The molecule has 2 aromatic rings. The molecule has 0 fully saturated rings. The minimum atomic E-state index is -3.64. The second-order valence-corrected chi connectivity index (χ2v) is 6.07. The lowest BCUT2D eigenvalue weighted by Crippen LogP contribution is -2.12. The van der Waals surface area contributed by atoms with Crippen molar-refractivity contribution in [2.75, 3.05) is 4.72 Å². The Bertz CT molecular complexity index is 769. The number of nitrogens with one attached hydrogen (secondary N) is 2. The van der Waals surface area contributed by atoms with Gasteiger partial charge in [-0.05, 0) is 35.9 Å². The van der Waals surface area contributed by atoms with Crippen molar-refractivity contribution in [2.24, 2.45) is 0 Å². The molecule has 3 N–H and O–H groups in total. The van der Waals surface area contributed by atoms with Gasteiger partial charge in [-0.15, -0.1) is 0 Å². The normalized spacial score (nSPS) is 11.3. The summed E-state index contributed by atoms with van der Waals surface area (Å²) in [5.74, 6) is 0. The number of benzene rings is 1. The van der Waals surface area contributed by atoms with Crippen LogP contribution in [0.15, 0.2) is 72.0 Å². The molecule has 0 aliphatic carbocycles. The molecule has 0 aliphatic heterocycles. The number of hydroxylamine groups is 1. The van der Waals surface area contributed by atoms with Gasteiger partial charge in [0.1, 0.15) is 4.90 Å². The third kappa shape index (κ3) is 4.18. The molecule has 1 aromatic heterocycles. The second kappa shape index (κ2) is 6.88. The Balaban J connectivity index is 2.12. The Labute approximate surface area is 128 Å². The molecule has 2 rings (SSSR count). The predicted molar refractivity (Wildman–Crippen MR) is 84.6 cm³/mol. The van der Waals surface area contributed by atoms with Gasteiger partial charge >= 0.3 is 0 Å². The molecule has 7 heteroatoms. The minimum absolute atomic E-state index is 0.101. The lowest BCUT2D eigenvalue weighted by atomic mass is 10.2. The van der Waals surface area contributed by atoms with Crippen LogP contribution in [0, 0.1) is 0 Å². The van der Waals surface area contributed by atoms with Crippen LogP contribution < -0.4 is 10.2 Å². The molecule has 0 radical (unpaired) electrons. The number of pyridine rings is 1. The van der Waals surface area contributed by atoms with E-state index in [9.17, 15) is 8.42 Å². The van der Waals surface area contributed by atoms with Gasteiger partial charge in [-0.2, -0.15) is 0 Å².